The zero-order chi connectivity index (χ0) is 10.0. The van der Waals surface area contributed by atoms with Crippen molar-refractivity contribution in [3.63, 3.8) is 0 Å². The Kier molecular flexibility index (Phi) is 12.9. The summed E-state index contributed by atoms with van der Waals surface area (Å²) in [4.78, 5) is 0. The van der Waals surface area contributed by atoms with Gasteiger partial charge in [0.15, 0.2) is 0 Å². The Hall–Kier alpha value is 0.154. The van der Waals surface area contributed by atoms with Crippen molar-refractivity contribution in [1.82, 2.24) is 0 Å². The Bertz CT molecular complexity index is 383. The van der Waals surface area contributed by atoms with Crippen LogP contribution in [0.15, 0.2) is 48.1 Å². The molecule has 4 heteroatoms. The quantitative estimate of drug-likeness (QED) is 0.669. The number of benzene rings is 1. The number of halogens is 3. The van der Waals surface area contributed by atoms with Gasteiger partial charge in [-0.05, 0) is 11.0 Å². The van der Waals surface area contributed by atoms with E-state index in [0.717, 1.165) is 6.42 Å². The van der Waals surface area contributed by atoms with Gasteiger partial charge in [0.25, 0.3) is 0 Å². The first-order valence-electron chi connectivity index (χ1n) is 5.04. The summed E-state index contributed by atoms with van der Waals surface area (Å²) in [5, 5.41) is 0. The van der Waals surface area contributed by atoms with E-state index in [1.807, 2.05) is 0 Å². The van der Waals surface area contributed by atoms with Crippen LogP contribution in [0.1, 0.15) is 25.8 Å². The van der Waals surface area contributed by atoms with Gasteiger partial charge in [-0.15, -0.1) is 43.6 Å². The van der Waals surface area contributed by atoms with Gasteiger partial charge in [0.05, 0.1) is 0 Å². The molecule has 0 saturated heterocycles. The van der Waals surface area contributed by atoms with E-state index in [4.69, 9.17) is 0 Å². The summed E-state index contributed by atoms with van der Waals surface area (Å²) in [7, 11) is 0. The summed E-state index contributed by atoms with van der Waals surface area (Å²) in [5.41, 5.74) is 2.76. The molecule has 0 saturated carbocycles. The van der Waals surface area contributed by atoms with Crippen molar-refractivity contribution in [2.24, 2.45) is 0 Å². The van der Waals surface area contributed by atoms with E-state index in [2.05, 4.69) is 62.4 Å². The second-order valence-corrected chi connectivity index (χ2v) is 4.19. The molecule has 0 aromatic heterocycles. The summed E-state index contributed by atoms with van der Waals surface area (Å²) in [5.74, 6) is 0. The molecule has 1 aromatic carbocycles. The summed E-state index contributed by atoms with van der Waals surface area (Å²) >= 11 is 0. The van der Waals surface area contributed by atoms with Gasteiger partial charge >= 0.3 is 0 Å². The number of rotatable bonds is 2. The fourth-order valence-corrected chi connectivity index (χ4v) is 1.84. The third-order valence-corrected chi connectivity index (χ3v) is 2.86. The fraction of sp³-hybridized carbons (Fsp3) is 0.286. The topological polar surface area (TPSA) is 0 Å². The first-order valence-corrected chi connectivity index (χ1v) is 5.04. The largest absolute Gasteiger partial charge is 0.269 e. The Morgan fingerprint density at radius 1 is 1.00 bits per heavy atom. The van der Waals surface area contributed by atoms with E-state index in [9.17, 15) is 0 Å². The molecule has 1 aliphatic carbocycles. The van der Waals surface area contributed by atoms with Crippen LogP contribution in [0.3, 0.4) is 0 Å². The first-order chi connectivity index (χ1) is 6.71. The molecule has 0 fully saturated rings. The van der Waals surface area contributed by atoms with Crippen molar-refractivity contribution in [1.29, 1.82) is 0 Å². The third kappa shape index (κ3) is 5.03. The first kappa shape index (κ1) is 23.3. The zero-order valence-corrected chi connectivity index (χ0v) is 14.3. The summed E-state index contributed by atoms with van der Waals surface area (Å²) < 4.78 is 0. The summed E-state index contributed by atoms with van der Waals surface area (Å²) in [6.45, 7) is 4.50. The van der Waals surface area contributed by atoms with Crippen LogP contribution in [0.25, 0.3) is 0 Å². The number of hydrogen-bond donors (Lipinski definition) is 0. The number of allylic oxidation sites excluding steroid dienone is 4. The molecule has 0 unspecified atom stereocenters. The van der Waals surface area contributed by atoms with Gasteiger partial charge in [-0.25, -0.2) is 11.6 Å². The Balaban J connectivity index is -0.000000562. The van der Waals surface area contributed by atoms with Crippen molar-refractivity contribution in [2.45, 2.75) is 25.7 Å². The van der Waals surface area contributed by atoms with Crippen molar-refractivity contribution < 1.29 is 18.6 Å². The molecule has 0 bridgehead atoms. The predicted molar refractivity (Wildman–Crippen MR) is 81.7 cm³/mol. The predicted octanol–water partition coefficient (Wildman–Crippen LogP) is 4.92. The summed E-state index contributed by atoms with van der Waals surface area (Å²) in [6, 6.07) is 10.6. The average molecular weight is 344 g/mol. The van der Waals surface area contributed by atoms with Gasteiger partial charge in [0, 0.05) is 18.6 Å². The van der Waals surface area contributed by atoms with E-state index in [1.54, 1.807) is 0 Å². The van der Waals surface area contributed by atoms with Gasteiger partial charge in [0.2, 0.25) is 0 Å². The van der Waals surface area contributed by atoms with E-state index >= 15 is 0 Å². The maximum atomic E-state index is 3.40. The molecule has 101 valence electrons. The van der Waals surface area contributed by atoms with Crippen LogP contribution in [0.4, 0.5) is 0 Å². The van der Waals surface area contributed by atoms with E-state index < -0.39 is 0 Å². The molecular weight excluding hydrogens is 325 g/mol. The molecular formula is C14H18Cl3V-. The van der Waals surface area contributed by atoms with E-state index in [-0.39, 0.29) is 61.2 Å². The SMILES string of the molecule is CC(C)(C1=[C-]CC=C1)c1ccccc1.Cl.Cl.Cl.[V]. The van der Waals surface area contributed by atoms with Gasteiger partial charge in [-0.2, -0.15) is 6.08 Å². The van der Waals surface area contributed by atoms with Crippen molar-refractivity contribution in [3.8, 4) is 0 Å². The summed E-state index contributed by atoms with van der Waals surface area (Å²) in [6.07, 6.45) is 8.72. The molecule has 1 radical (unpaired) electrons. The Morgan fingerprint density at radius 2 is 1.56 bits per heavy atom. The maximum absolute atomic E-state index is 3.40. The molecule has 0 nitrogen and oxygen atoms in total. The molecule has 0 aliphatic heterocycles. The van der Waals surface area contributed by atoms with Gasteiger partial charge in [0.1, 0.15) is 0 Å². The third-order valence-electron chi connectivity index (χ3n) is 2.86. The normalized spacial score (nSPS) is 12.2. The van der Waals surface area contributed by atoms with Crippen molar-refractivity contribution in [2.75, 3.05) is 0 Å². The monoisotopic (exact) mass is 342 g/mol. The van der Waals surface area contributed by atoms with Crippen molar-refractivity contribution >= 4 is 37.2 Å². The van der Waals surface area contributed by atoms with Crippen LogP contribution in [0.2, 0.25) is 0 Å². The molecule has 0 amide bonds. The molecule has 1 aromatic rings. The minimum Gasteiger partial charge on any atom is -0.269 e. The average Bonchev–Trinajstić information content (AvgIpc) is 2.72. The number of hydrogen-bond acceptors (Lipinski definition) is 0. The molecule has 0 spiro atoms. The van der Waals surface area contributed by atoms with Crippen LogP contribution in [0.5, 0.6) is 0 Å². The van der Waals surface area contributed by atoms with Gasteiger partial charge < -0.3 is 0 Å². The van der Waals surface area contributed by atoms with Crippen LogP contribution < -0.4 is 0 Å². The molecule has 18 heavy (non-hydrogen) atoms. The molecule has 1 aliphatic rings. The fourth-order valence-electron chi connectivity index (χ4n) is 1.84. The van der Waals surface area contributed by atoms with Crippen LogP contribution in [-0.4, -0.2) is 0 Å². The second-order valence-electron chi connectivity index (χ2n) is 4.19. The zero-order valence-electron chi connectivity index (χ0n) is 10.4. The molecule has 0 heterocycles. The molecule has 0 N–H and O–H groups in total. The van der Waals surface area contributed by atoms with Gasteiger partial charge in [-0.3, -0.25) is 6.08 Å². The maximum Gasteiger partial charge on any atom is 0 e. The van der Waals surface area contributed by atoms with E-state index in [1.165, 1.54) is 11.1 Å². The van der Waals surface area contributed by atoms with Crippen molar-refractivity contribution in [3.05, 3.63) is 59.7 Å². The van der Waals surface area contributed by atoms with Gasteiger partial charge in [-0.1, -0.05) is 44.2 Å². The molecule has 2 rings (SSSR count). The molecule has 0 atom stereocenters. The van der Waals surface area contributed by atoms with Crippen LogP contribution in [-0.2, 0) is 24.0 Å². The minimum atomic E-state index is 0. The standard InChI is InChI=1S/C14H15.3ClH.V/c1-14(2,13-10-6-7-11-13)12-8-4-3-5-9-12;;;;/h3-6,8-10H,7H2,1-2H3;3*1H;/q-1;;;;. The van der Waals surface area contributed by atoms with Crippen LogP contribution in [0, 0.1) is 6.08 Å². The second kappa shape index (κ2) is 10.0. The Morgan fingerprint density at radius 3 is 2.00 bits per heavy atom. The minimum absolute atomic E-state index is 0. The van der Waals surface area contributed by atoms with E-state index in [0.29, 0.717) is 0 Å². The smallest absolute Gasteiger partial charge is 0 e. The Labute approximate surface area is 140 Å². The van der Waals surface area contributed by atoms with Crippen LogP contribution >= 0.6 is 37.2 Å².